The van der Waals surface area contributed by atoms with Crippen molar-refractivity contribution in [3.8, 4) is 5.75 Å². The second kappa shape index (κ2) is 9.63. The summed E-state index contributed by atoms with van der Waals surface area (Å²) in [6.07, 6.45) is 3.88. The maximum Gasteiger partial charge on any atom is 0.220 e. The van der Waals surface area contributed by atoms with Gasteiger partial charge >= 0.3 is 0 Å². The van der Waals surface area contributed by atoms with E-state index in [1.54, 1.807) is 13.4 Å². The van der Waals surface area contributed by atoms with Gasteiger partial charge in [0.15, 0.2) is 0 Å². The van der Waals surface area contributed by atoms with Gasteiger partial charge in [0.1, 0.15) is 11.5 Å². The van der Waals surface area contributed by atoms with Crippen molar-refractivity contribution < 1.29 is 13.9 Å². The minimum Gasteiger partial charge on any atom is -0.497 e. The zero-order valence-electron chi connectivity index (χ0n) is 17.3. The van der Waals surface area contributed by atoms with Gasteiger partial charge in [-0.15, -0.1) is 0 Å². The molecule has 1 unspecified atom stereocenters. The van der Waals surface area contributed by atoms with Gasteiger partial charge in [-0.05, 0) is 53.8 Å². The van der Waals surface area contributed by atoms with Crippen LogP contribution in [0.25, 0.3) is 0 Å². The fourth-order valence-electron chi connectivity index (χ4n) is 4.02. The lowest BCUT2D eigenvalue weighted by Gasteiger charge is -2.34. The van der Waals surface area contributed by atoms with Crippen molar-refractivity contribution in [3.63, 3.8) is 0 Å². The molecule has 0 aliphatic carbocycles. The number of methoxy groups -OCH3 is 1. The number of aryl methyl sites for hydroxylation is 1. The van der Waals surface area contributed by atoms with E-state index in [-0.39, 0.29) is 11.9 Å². The van der Waals surface area contributed by atoms with Crippen LogP contribution in [0.2, 0.25) is 0 Å². The molecule has 1 aromatic heterocycles. The number of carbonyl (C=O) groups excluding carboxylic acids is 1. The first-order valence-corrected chi connectivity index (χ1v) is 10.5. The molecule has 1 amide bonds. The van der Waals surface area contributed by atoms with E-state index in [1.807, 2.05) is 36.4 Å². The van der Waals surface area contributed by atoms with Crippen LogP contribution in [0.4, 0.5) is 0 Å². The van der Waals surface area contributed by atoms with Crippen molar-refractivity contribution in [3.05, 3.63) is 89.4 Å². The van der Waals surface area contributed by atoms with Gasteiger partial charge in [-0.3, -0.25) is 9.69 Å². The van der Waals surface area contributed by atoms with E-state index in [1.165, 1.54) is 11.1 Å². The summed E-state index contributed by atoms with van der Waals surface area (Å²) in [6.45, 7) is 2.35. The van der Waals surface area contributed by atoms with Crippen molar-refractivity contribution in [1.82, 2.24) is 10.2 Å². The number of ether oxygens (including phenoxy) is 1. The normalized spacial score (nSPS) is 14.7. The lowest BCUT2D eigenvalue weighted by molar-refractivity contribution is -0.121. The number of fused-ring (bicyclic) bond motifs is 1. The van der Waals surface area contributed by atoms with Crippen LogP contribution in [0.1, 0.15) is 34.9 Å². The molecular formula is C25H28N2O3. The highest BCUT2D eigenvalue weighted by atomic mass is 16.5. The zero-order valence-corrected chi connectivity index (χ0v) is 17.3. The Morgan fingerprint density at radius 1 is 1.10 bits per heavy atom. The summed E-state index contributed by atoms with van der Waals surface area (Å²) in [7, 11) is 1.65. The Morgan fingerprint density at radius 3 is 2.63 bits per heavy atom. The van der Waals surface area contributed by atoms with Gasteiger partial charge in [-0.1, -0.05) is 36.4 Å². The molecule has 0 saturated heterocycles. The van der Waals surface area contributed by atoms with Gasteiger partial charge in [-0.25, -0.2) is 0 Å². The van der Waals surface area contributed by atoms with Crippen molar-refractivity contribution in [2.24, 2.45) is 0 Å². The number of furan rings is 1. The van der Waals surface area contributed by atoms with Crippen molar-refractivity contribution in [2.45, 2.75) is 31.8 Å². The molecule has 4 rings (SSSR count). The molecule has 0 fully saturated rings. The summed E-state index contributed by atoms with van der Waals surface area (Å²) in [6, 6.07) is 20.4. The van der Waals surface area contributed by atoms with Gasteiger partial charge < -0.3 is 14.5 Å². The quantitative estimate of drug-likeness (QED) is 0.613. The standard InChI is InChI=1S/C25H28N2O3/c1-29-22-11-8-19(9-12-22)10-13-25(28)26-17-23(24-7-4-16-30-24)27-15-14-20-5-2-3-6-21(20)18-27/h2-9,11-12,16,23H,10,13-15,17-18H2,1H3,(H,26,28). The predicted octanol–water partition coefficient (Wildman–Crippen LogP) is 4.14. The van der Waals surface area contributed by atoms with Crippen LogP contribution in [0.15, 0.2) is 71.3 Å². The molecule has 1 atom stereocenters. The number of benzene rings is 2. The summed E-state index contributed by atoms with van der Waals surface area (Å²) in [4.78, 5) is 14.9. The lowest BCUT2D eigenvalue weighted by atomic mass is 9.98. The van der Waals surface area contributed by atoms with Gasteiger partial charge in [0.25, 0.3) is 0 Å². The van der Waals surface area contributed by atoms with E-state index in [0.717, 1.165) is 36.6 Å². The van der Waals surface area contributed by atoms with Crippen LogP contribution in [0.5, 0.6) is 5.75 Å². The average Bonchev–Trinajstić information content (AvgIpc) is 3.32. The van der Waals surface area contributed by atoms with Crippen LogP contribution in [-0.4, -0.2) is 31.0 Å². The zero-order chi connectivity index (χ0) is 20.8. The molecule has 5 heteroatoms. The summed E-state index contributed by atoms with van der Waals surface area (Å²) < 4.78 is 10.9. The first kappa shape index (κ1) is 20.2. The largest absolute Gasteiger partial charge is 0.497 e. The lowest BCUT2D eigenvalue weighted by Crippen LogP contribution is -2.40. The van der Waals surface area contributed by atoms with Crippen molar-refractivity contribution >= 4 is 5.91 Å². The molecule has 156 valence electrons. The summed E-state index contributed by atoms with van der Waals surface area (Å²) >= 11 is 0. The molecule has 1 N–H and O–H groups in total. The SMILES string of the molecule is COc1ccc(CCC(=O)NCC(c2ccco2)N2CCc3ccccc3C2)cc1. The molecule has 2 aromatic carbocycles. The summed E-state index contributed by atoms with van der Waals surface area (Å²) in [5.74, 6) is 1.78. The molecular weight excluding hydrogens is 376 g/mol. The van der Waals surface area contributed by atoms with E-state index in [0.29, 0.717) is 19.4 Å². The third kappa shape index (κ3) is 4.92. The minimum absolute atomic E-state index is 0.0262. The Hall–Kier alpha value is -3.05. The Morgan fingerprint density at radius 2 is 1.90 bits per heavy atom. The Bertz CT molecular complexity index is 951. The maximum absolute atomic E-state index is 12.5. The third-order valence-electron chi connectivity index (χ3n) is 5.76. The molecule has 0 radical (unpaired) electrons. The van der Waals surface area contributed by atoms with Gasteiger partial charge in [0, 0.05) is 26.1 Å². The molecule has 0 spiro atoms. The number of amides is 1. The third-order valence-corrected chi connectivity index (χ3v) is 5.76. The van der Waals surface area contributed by atoms with Gasteiger partial charge in [0.2, 0.25) is 5.91 Å². The van der Waals surface area contributed by atoms with E-state index in [2.05, 4.69) is 34.5 Å². The smallest absolute Gasteiger partial charge is 0.220 e. The number of nitrogens with one attached hydrogen (secondary N) is 1. The summed E-state index contributed by atoms with van der Waals surface area (Å²) in [5.41, 5.74) is 3.89. The van der Waals surface area contributed by atoms with Crippen LogP contribution < -0.4 is 10.1 Å². The molecule has 0 saturated carbocycles. The second-order valence-electron chi connectivity index (χ2n) is 7.67. The molecule has 5 nitrogen and oxygen atoms in total. The Balaban J connectivity index is 1.35. The van der Waals surface area contributed by atoms with Crippen LogP contribution >= 0.6 is 0 Å². The molecule has 2 heterocycles. The number of nitrogens with zero attached hydrogens (tertiary/aromatic N) is 1. The summed E-state index contributed by atoms with van der Waals surface area (Å²) in [5, 5.41) is 3.12. The topological polar surface area (TPSA) is 54.7 Å². The van der Waals surface area contributed by atoms with E-state index < -0.39 is 0 Å². The first-order valence-electron chi connectivity index (χ1n) is 10.5. The average molecular weight is 405 g/mol. The Kier molecular flexibility index (Phi) is 6.50. The van der Waals surface area contributed by atoms with Crippen LogP contribution in [-0.2, 0) is 24.2 Å². The number of carbonyl (C=O) groups is 1. The number of hydrogen-bond donors (Lipinski definition) is 1. The first-order chi connectivity index (χ1) is 14.7. The van der Waals surface area contributed by atoms with E-state index in [9.17, 15) is 4.79 Å². The second-order valence-corrected chi connectivity index (χ2v) is 7.67. The molecule has 1 aliphatic rings. The van der Waals surface area contributed by atoms with Crippen molar-refractivity contribution in [1.29, 1.82) is 0 Å². The van der Waals surface area contributed by atoms with Crippen molar-refractivity contribution in [2.75, 3.05) is 20.2 Å². The van der Waals surface area contributed by atoms with Gasteiger partial charge in [-0.2, -0.15) is 0 Å². The maximum atomic E-state index is 12.5. The molecule has 30 heavy (non-hydrogen) atoms. The highest BCUT2D eigenvalue weighted by Crippen LogP contribution is 2.28. The Labute approximate surface area is 177 Å². The molecule has 0 bridgehead atoms. The van der Waals surface area contributed by atoms with Crippen LogP contribution in [0, 0.1) is 0 Å². The highest BCUT2D eigenvalue weighted by Gasteiger charge is 2.26. The number of hydrogen-bond acceptors (Lipinski definition) is 4. The predicted molar refractivity (Wildman–Crippen MR) is 116 cm³/mol. The fraction of sp³-hybridized carbons (Fsp3) is 0.320. The molecule has 1 aliphatic heterocycles. The fourth-order valence-corrected chi connectivity index (χ4v) is 4.02. The van der Waals surface area contributed by atoms with E-state index in [4.69, 9.17) is 9.15 Å². The monoisotopic (exact) mass is 404 g/mol. The van der Waals surface area contributed by atoms with Gasteiger partial charge in [0.05, 0.1) is 19.4 Å². The van der Waals surface area contributed by atoms with Crippen LogP contribution in [0.3, 0.4) is 0 Å². The number of rotatable bonds is 8. The molecule has 3 aromatic rings. The highest BCUT2D eigenvalue weighted by molar-refractivity contribution is 5.76. The van der Waals surface area contributed by atoms with E-state index >= 15 is 0 Å². The minimum atomic E-state index is 0.0262.